The molecule has 0 unspecified atom stereocenters. The summed E-state index contributed by atoms with van der Waals surface area (Å²) >= 11 is 0. The molecule has 0 saturated carbocycles. The zero-order valence-corrected chi connectivity index (χ0v) is 10.3. The van der Waals surface area contributed by atoms with Crippen molar-refractivity contribution in [2.75, 3.05) is 0 Å². The molecule has 1 amide bonds. The number of rotatable bonds is 4. The first kappa shape index (κ1) is 12.8. The first-order chi connectivity index (χ1) is 8.97. The molecule has 2 aromatic rings. The van der Waals surface area contributed by atoms with Gasteiger partial charge in [0.25, 0.3) is 0 Å². The molecule has 0 aliphatic heterocycles. The van der Waals surface area contributed by atoms with Crippen molar-refractivity contribution in [1.29, 1.82) is 0 Å². The second-order valence-corrected chi connectivity index (χ2v) is 4.20. The maximum absolute atomic E-state index is 11.1. The molecule has 0 fully saturated rings. The summed E-state index contributed by atoms with van der Waals surface area (Å²) in [5.41, 5.74) is 7.08. The molecule has 0 aliphatic carbocycles. The molecule has 0 bridgehead atoms. The Morgan fingerprint density at radius 2 is 2.16 bits per heavy atom. The van der Waals surface area contributed by atoms with Gasteiger partial charge >= 0.3 is 5.97 Å². The van der Waals surface area contributed by atoms with Gasteiger partial charge in [0, 0.05) is 11.8 Å². The molecule has 6 heteroatoms. The van der Waals surface area contributed by atoms with Crippen LogP contribution in [0.4, 0.5) is 0 Å². The van der Waals surface area contributed by atoms with E-state index in [1.165, 1.54) is 10.9 Å². The smallest absolute Gasteiger partial charge is 0.339 e. The molecule has 1 aromatic heterocycles. The Kier molecular flexibility index (Phi) is 3.33. The maximum atomic E-state index is 11.1. The van der Waals surface area contributed by atoms with E-state index in [2.05, 4.69) is 5.10 Å². The summed E-state index contributed by atoms with van der Waals surface area (Å²) in [6.07, 6.45) is 1.47. The van der Waals surface area contributed by atoms with Crippen molar-refractivity contribution >= 4 is 11.9 Å². The lowest BCUT2D eigenvalue weighted by atomic mass is 10.1. The lowest BCUT2D eigenvalue weighted by Gasteiger charge is -2.03. The summed E-state index contributed by atoms with van der Waals surface area (Å²) in [6, 6.07) is 6.84. The van der Waals surface area contributed by atoms with Crippen LogP contribution in [-0.4, -0.2) is 26.8 Å². The van der Waals surface area contributed by atoms with Crippen LogP contribution in [0, 0.1) is 6.92 Å². The molecule has 1 heterocycles. The highest BCUT2D eigenvalue weighted by molar-refractivity contribution is 5.92. The number of hydrogen-bond donors (Lipinski definition) is 2. The van der Waals surface area contributed by atoms with E-state index in [9.17, 15) is 9.59 Å². The number of aryl methyl sites for hydroxylation is 1. The van der Waals surface area contributed by atoms with Crippen LogP contribution in [0.3, 0.4) is 0 Å². The highest BCUT2D eigenvalue weighted by atomic mass is 16.4. The minimum absolute atomic E-state index is 0.172. The number of amides is 1. The number of aromatic nitrogens is 2. The number of nitrogens with zero attached hydrogens (tertiary/aromatic N) is 2. The maximum Gasteiger partial charge on any atom is 0.339 e. The SMILES string of the molecule is Cc1nn(Cc2cccc(C(N)=O)c2)cc1C(=O)O. The number of aromatic carboxylic acids is 1. The van der Waals surface area contributed by atoms with Crippen molar-refractivity contribution in [1.82, 2.24) is 9.78 Å². The van der Waals surface area contributed by atoms with E-state index in [0.29, 0.717) is 17.8 Å². The molecular formula is C13H13N3O3. The molecule has 0 saturated heterocycles. The van der Waals surface area contributed by atoms with E-state index in [1.807, 2.05) is 6.07 Å². The molecular weight excluding hydrogens is 246 g/mol. The fourth-order valence-electron chi connectivity index (χ4n) is 1.82. The second-order valence-electron chi connectivity index (χ2n) is 4.20. The number of hydrogen-bond acceptors (Lipinski definition) is 3. The first-order valence-electron chi connectivity index (χ1n) is 5.63. The lowest BCUT2D eigenvalue weighted by molar-refractivity contribution is 0.0695. The third-order valence-corrected chi connectivity index (χ3v) is 2.73. The highest BCUT2D eigenvalue weighted by Gasteiger charge is 2.12. The zero-order chi connectivity index (χ0) is 14.0. The zero-order valence-electron chi connectivity index (χ0n) is 10.3. The highest BCUT2D eigenvalue weighted by Crippen LogP contribution is 2.10. The van der Waals surface area contributed by atoms with Gasteiger partial charge in [0.2, 0.25) is 5.91 Å². The van der Waals surface area contributed by atoms with Crippen molar-refractivity contribution in [2.24, 2.45) is 5.73 Å². The predicted octanol–water partition coefficient (Wildman–Crippen LogP) is 1.04. The van der Waals surface area contributed by atoms with E-state index in [1.54, 1.807) is 25.1 Å². The fourth-order valence-corrected chi connectivity index (χ4v) is 1.82. The first-order valence-corrected chi connectivity index (χ1v) is 5.63. The van der Waals surface area contributed by atoms with Gasteiger partial charge in [-0.25, -0.2) is 4.79 Å². The summed E-state index contributed by atoms with van der Waals surface area (Å²) in [6.45, 7) is 2.02. The van der Waals surface area contributed by atoms with E-state index in [4.69, 9.17) is 10.8 Å². The predicted molar refractivity (Wildman–Crippen MR) is 68.0 cm³/mol. The van der Waals surface area contributed by atoms with E-state index in [0.717, 1.165) is 5.56 Å². The molecule has 19 heavy (non-hydrogen) atoms. The lowest BCUT2D eigenvalue weighted by Crippen LogP contribution is -2.11. The van der Waals surface area contributed by atoms with Gasteiger partial charge < -0.3 is 10.8 Å². The van der Waals surface area contributed by atoms with Gasteiger partial charge in [0.1, 0.15) is 5.56 Å². The van der Waals surface area contributed by atoms with E-state index >= 15 is 0 Å². The molecule has 0 radical (unpaired) electrons. The van der Waals surface area contributed by atoms with Crippen molar-refractivity contribution in [3.63, 3.8) is 0 Å². The summed E-state index contributed by atoms with van der Waals surface area (Å²) in [4.78, 5) is 22.0. The average molecular weight is 259 g/mol. The number of carbonyl (C=O) groups excluding carboxylic acids is 1. The largest absolute Gasteiger partial charge is 0.478 e. The van der Waals surface area contributed by atoms with Crippen LogP contribution < -0.4 is 5.73 Å². The molecule has 0 atom stereocenters. The van der Waals surface area contributed by atoms with Crippen LogP contribution in [0.1, 0.15) is 32.0 Å². The summed E-state index contributed by atoms with van der Waals surface area (Å²) < 4.78 is 1.53. The fraction of sp³-hybridized carbons (Fsp3) is 0.154. The standard InChI is InChI=1S/C13H13N3O3/c1-8-11(13(18)19)7-16(15-8)6-9-3-2-4-10(5-9)12(14)17/h2-5,7H,6H2,1H3,(H2,14,17)(H,18,19). The van der Waals surface area contributed by atoms with Gasteiger partial charge in [0.15, 0.2) is 0 Å². The summed E-state index contributed by atoms with van der Waals surface area (Å²) in [7, 11) is 0. The van der Waals surface area contributed by atoms with Gasteiger partial charge in [-0.2, -0.15) is 5.10 Å². The Balaban J connectivity index is 2.26. The van der Waals surface area contributed by atoms with Crippen LogP contribution in [-0.2, 0) is 6.54 Å². The van der Waals surface area contributed by atoms with Gasteiger partial charge in [-0.1, -0.05) is 12.1 Å². The molecule has 98 valence electrons. The number of primary amides is 1. The molecule has 0 aliphatic rings. The number of carboxylic acid groups (broad SMARTS) is 1. The van der Waals surface area contributed by atoms with Gasteiger partial charge in [0.05, 0.1) is 12.2 Å². The van der Waals surface area contributed by atoms with Crippen LogP contribution in [0.2, 0.25) is 0 Å². The summed E-state index contributed by atoms with van der Waals surface area (Å²) in [5, 5.41) is 13.1. The van der Waals surface area contributed by atoms with Crippen molar-refractivity contribution in [3.8, 4) is 0 Å². The third kappa shape index (κ3) is 2.79. The Morgan fingerprint density at radius 1 is 1.42 bits per heavy atom. The number of benzene rings is 1. The second kappa shape index (κ2) is 4.93. The molecule has 2 rings (SSSR count). The normalized spacial score (nSPS) is 10.4. The van der Waals surface area contributed by atoms with E-state index in [-0.39, 0.29) is 5.56 Å². The molecule has 1 aromatic carbocycles. The van der Waals surface area contributed by atoms with Crippen LogP contribution in [0.25, 0.3) is 0 Å². The van der Waals surface area contributed by atoms with Crippen LogP contribution in [0.15, 0.2) is 30.5 Å². The quantitative estimate of drug-likeness (QED) is 0.856. The Labute approximate surface area is 109 Å². The molecule has 6 nitrogen and oxygen atoms in total. The Hall–Kier alpha value is -2.63. The van der Waals surface area contributed by atoms with Gasteiger partial charge in [-0.05, 0) is 24.6 Å². The minimum atomic E-state index is -1.00. The van der Waals surface area contributed by atoms with Crippen molar-refractivity contribution < 1.29 is 14.7 Å². The monoisotopic (exact) mass is 259 g/mol. The van der Waals surface area contributed by atoms with Crippen molar-refractivity contribution in [3.05, 3.63) is 52.8 Å². The molecule has 0 spiro atoms. The Bertz CT molecular complexity index is 646. The average Bonchev–Trinajstić information content (AvgIpc) is 2.70. The molecule has 3 N–H and O–H groups in total. The topological polar surface area (TPSA) is 98.2 Å². The van der Waals surface area contributed by atoms with Crippen molar-refractivity contribution in [2.45, 2.75) is 13.5 Å². The minimum Gasteiger partial charge on any atom is -0.478 e. The number of carbonyl (C=O) groups is 2. The third-order valence-electron chi connectivity index (χ3n) is 2.73. The number of carboxylic acids is 1. The van der Waals surface area contributed by atoms with Crippen LogP contribution in [0.5, 0.6) is 0 Å². The van der Waals surface area contributed by atoms with Gasteiger partial charge in [-0.15, -0.1) is 0 Å². The summed E-state index contributed by atoms with van der Waals surface area (Å²) in [5.74, 6) is -1.50. The van der Waals surface area contributed by atoms with Crippen LogP contribution >= 0.6 is 0 Å². The van der Waals surface area contributed by atoms with Gasteiger partial charge in [-0.3, -0.25) is 9.48 Å². The van der Waals surface area contributed by atoms with E-state index < -0.39 is 11.9 Å². The number of nitrogens with two attached hydrogens (primary N) is 1. The Morgan fingerprint density at radius 3 is 2.74 bits per heavy atom.